The zero-order valence-electron chi connectivity index (χ0n) is 22.3. The zero-order valence-corrected chi connectivity index (χ0v) is 23.1. The van der Waals surface area contributed by atoms with Gasteiger partial charge in [-0.2, -0.15) is 0 Å². The van der Waals surface area contributed by atoms with E-state index < -0.39 is 12.0 Å². The van der Waals surface area contributed by atoms with Crippen LogP contribution in [0, 0.1) is 0 Å². The van der Waals surface area contributed by atoms with Gasteiger partial charge in [0, 0.05) is 5.56 Å². The highest BCUT2D eigenvalue weighted by Crippen LogP contribution is 2.40. The molecule has 1 aliphatic heterocycles. The first-order chi connectivity index (χ1) is 18.4. The van der Waals surface area contributed by atoms with E-state index in [-0.39, 0.29) is 17.7 Å². The molecule has 1 aromatic heterocycles. The normalized spacial score (nSPS) is 15.1. The van der Waals surface area contributed by atoms with Crippen molar-refractivity contribution in [2.24, 2.45) is 4.99 Å². The van der Waals surface area contributed by atoms with Crippen molar-refractivity contribution >= 4 is 23.4 Å². The molecule has 0 saturated heterocycles. The maximum absolute atomic E-state index is 13.9. The molecule has 0 saturated carbocycles. The summed E-state index contributed by atoms with van der Waals surface area (Å²) in [5.41, 5.74) is 1.99. The summed E-state index contributed by atoms with van der Waals surface area (Å²) in [7, 11) is 1.55. The minimum Gasteiger partial charge on any atom is -0.494 e. The average Bonchev–Trinajstić information content (AvgIpc) is 3.22. The van der Waals surface area contributed by atoms with Crippen LogP contribution in [0.1, 0.15) is 51.3 Å². The highest BCUT2D eigenvalue weighted by atomic mass is 32.1. The van der Waals surface area contributed by atoms with Crippen LogP contribution < -0.4 is 29.1 Å². The van der Waals surface area contributed by atoms with Crippen LogP contribution in [0.15, 0.2) is 63.5 Å². The molecule has 3 aromatic rings. The van der Waals surface area contributed by atoms with Gasteiger partial charge in [-0.3, -0.25) is 9.36 Å². The van der Waals surface area contributed by atoms with Gasteiger partial charge in [0.2, 0.25) is 0 Å². The van der Waals surface area contributed by atoms with Gasteiger partial charge in [0.05, 0.1) is 42.7 Å². The van der Waals surface area contributed by atoms with Crippen LogP contribution in [0.2, 0.25) is 0 Å². The van der Waals surface area contributed by atoms with Crippen LogP contribution >= 0.6 is 11.3 Å². The van der Waals surface area contributed by atoms with E-state index in [1.165, 1.54) is 11.3 Å². The van der Waals surface area contributed by atoms with Gasteiger partial charge >= 0.3 is 5.97 Å². The van der Waals surface area contributed by atoms with E-state index in [1.807, 2.05) is 49.4 Å². The Morgan fingerprint density at radius 1 is 1.08 bits per heavy atom. The molecule has 2 heterocycles. The van der Waals surface area contributed by atoms with E-state index in [4.69, 9.17) is 18.9 Å². The number of methoxy groups -OCH3 is 1. The molecule has 0 spiro atoms. The molecule has 38 heavy (non-hydrogen) atoms. The Kier molecular flexibility index (Phi) is 8.68. The number of para-hydroxylation sites is 1. The van der Waals surface area contributed by atoms with Crippen LogP contribution in [0.5, 0.6) is 17.2 Å². The van der Waals surface area contributed by atoms with Crippen LogP contribution in [0.4, 0.5) is 0 Å². The van der Waals surface area contributed by atoms with Gasteiger partial charge in [0.15, 0.2) is 16.3 Å². The number of fused-ring (bicyclic) bond motifs is 1. The molecule has 2 aromatic carbocycles. The quantitative estimate of drug-likeness (QED) is 0.364. The number of benzene rings is 2. The number of thiazole rings is 1. The molecular weight excluding hydrogens is 504 g/mol. The molecular formula is C29H32N2O6S. The molecule has 9 heteroatoms. The number of ether oxygens (including phenoxy) is 4. The maximum atomic E-state index is 13.9. The first kappa shape index (κ1) is 27.2. The minimum atomic E-state index is -0.797. The maximum Gasteiger partial charge on any atom is 0.338 e. The van der Waals surface area contributed by atoms with Gasteiger partial charge in [-0.05, 0) is 57.0 Å². The smallest absolute Gasteiger partial charge is 0.338 e. The third-order valence-electron chi connectivity index (χ3n) is 5.98. The Bertz CT molecular complexity index is 1520. The molecule has 8 nitrogen and oxygen atoms in total. The lowest BCUT2D eigenvalue weighted by molar-refractivity contribution is -0.139. The van der Waals surface area contributed by atoms with E-state index in [2.05, 4.69) is 11.9 Å². The average molecular weight is 537 g/mol. The predicted octanol–water partition coefficient (Wildman–Crippen LogP) is 3.99. The summed E-state index contributed by atoms with van der Waals surface area (Å²) in [6, 6.07) is 12.2. The summed E-state index contributed by atoms with van der Waals surface area (Å²) >= 11 is 1.27. The standard InChI is InChI=1S/C29H32N2O6S/c1-6-16-37-20-14-12-19(13-15-20)17-23-27(32)31-25(21-10-9-11-22(34-5)26(21)35-7-2)24(28(33)36-8-3)18(4)30-29(31)38-23/h9-15,17,25H,6-8,16H2,1-5H3/b23-17+/t25-/m0/s1. The summed E-state index contributed by atoms with van der Waals surface area (Å²) in [5.74, 6) is 1.23. The van der Waals surface area contributed by atoms with Crippen molar-refractivity contribution in [3.8, 4) is 17.2 Å². The Morgan fingerprint density at radius 2 is 1.84 bits per heavy atom. The van der Waals surface area contributed by atoms with Gasteiger partial charge in [-0.15, -0.1) is 0 Å². The van der Waals surface area contributed by atoms with Gasteiger partial charge in [0.1, 0.15) is 11.8 Å². The summed E-state index contributed by atoms with van der Waals surface area (Å²) < 4.78 is 24.6. The Hall–Kier alpha value is -3.85. The van der Waals surface area contributed by atoms with E-state index >= 15 is 0 Å². The van der Waals surface area contributed by atoms with Crippen molar-refractivity contribution in [1.29, 1.82) is 0 Å². The molecule has 0 amide bonds. The van der Waals surface area contributed by atoms with E-state index in [0.717, 1.165) is 17.7 Å². The Balaban J connectivity index is 1.91. The highest BCUT2D eigenvalue weighted by Gasteiger charge is 2.35. The number of aromatic nitrogens is 1. The highest BCUT2D eigenvalue weighted by molar-refractivity contribution is 7.07. The molecule has 4 rings (SSSR count). The molecule has 1 atom stereocenters. The fourth-order valence-electron chi connectivity index (χ4n) is 4.33. The summed E-state index contributed by atoms with van der Waals surface area (Å²) in [6.07, 6.45) is 2.75. The molecule has 200 valence electrons. The number of nitrogens with zero attached hydrogens (tertiary/aromatic N) is 2. The van der Waals surface area contributed by atoms with Gasteiger partial charge in [-0.1, -0.05) is 42.5 Å². The van der Waals surface area contributed by atoms with E-state index in [1.54, 1.807) is 31.6 Å². The number of hydrogen-bond donors (Lipinski definition) is 0. The van der Waals surface area contributed by atoms with Crippen LogP contribution in [-0.4, -0.2) is 37.5 Å². The van der Waals surface area contributed by atoms with Crippen molar-refractivity contribution in [2.75, 3.05) is 26.9 Å². The molecule has 0 fully saturated rings. The van der Waals surface area contributed by atoms with Gasteiger partial charge < -0.3 is 18.9 Å². The first-order valence-corrected chi connectivity index (χ1v) is 13.5. The zero-order chi connectivity index (χ0) is 27.2. The predicted molar refractivity (Wildman–Crippen MR) is 147 cm³/mol. The number of rotatable bonds is 10. The molecule has 0 radical (unpaired) electrons. The molecule has 0 N–H and O–H groups in total. The van der Waals surface area contributed by atoms with Crippen molar-refractivity contribution in [3.63, 3.8) is 0 Å². The van der Waals surface area contributed by atoms with Crippen molar-refractivity contribution in [1.82, 2.24) is 4.57 Å². The minimum absolute atomic E-state index is 0.196. The van der Waals surface area contributed by atoms with Crippen molar-refractivity contribution < 1.29 is 23.7 Å². The topological polar surface area (TPSA) is 88.3 Å². The molecule has 0 unspecified atom stereocenters. The Labute approximate surface area is 225 Å². The SMILES string of the molecule is CCCOc1ccc(/C=c2/sc3n(c2=O)[C@@H](c2cccc(OC)c2OCC)C(C(=O)OCC)=C(C)N=3)cc1. The van der Waals surface area contributed by atoms with Crippen LogP contribution in [0.3, 0.4) is 0 Å². The fraction of sp³-hybridized carbons (Fsp3) is 0.345. The number of allylic oxidation sites excluding steroid dienone is 1. The summed E-state index contributed by atoms with van der Waals surface area (Å²) in [5, 5.41) is 0. The number of carbonyl (C=O) groups excluding carboxylic acids is 1. The lowest BCUT2D eigenvalue weighted by atomic mass is 9.94. The lowest BCUT2D eigenvalue weighted by Crippen LogP contribution is -2.40. The summed E-state index contributed by atoms with van der Waals surface area (Å²) in [6.45, 7) is 8.64. The fourth-order valence-corrected chi connectivity index (χ4v) is 5.37. The summed E-state index contributed by atoms with van der Waals surface area (Å²) in [4.78, 5) is 32.2. The van der Waals surface area contributed by atoms with Gasteiger partial charge in [-0.25, -0.2) is 9.79 Å². The van der Waals surface area contributed by atoms with Gasteiger partial charge in [0.25, 0.3) is 5.56 Å². The second-order valence-electron chi connectivity index (χ2n) is 8.53. The number of esters is 1. The molecule has 0 bridgehead atoms. The third kappa shape index (κ3) is 5.38. The van der Waals surface area contributed by atoms with E-state index in [9.17, 15) is 9.59 Å². The molecule has 1 aliphatic rings. The van der Waals surface area contributed by atoms with E-state index in [0.29, 0.717) is 45.3 Å². The van der Waals surface area contributed by atoms with Crippen molar-refractivity contribution in [2.45, 2.75) is 40.2 Å². The second kappa shape index (κ2) is 12.1. The number of carbonyl (C=O) groups is 1. The molecule has 0 aliphatic carbocycles. The Morgan fingerprint density at radius 3 is 2.50 bits per heavy atom. The monoisotopic (exact) mass is 536 g/mol. The first-order valence-electron chi connectivity index (χ1n) is 12.7. The van der Waals surface area contributed by atoms with Crippen LogP contribution in [0.25, 0.3) is 6.08 Å². The van der Waals surface area contributed by atoms with Crippen LogP contribution in [-0.2, 0) is 9.53 Å². The van der Waals surface area contributed by atoms with Crippen molar-refractivity contribution in [3.05, 3.63) is 84.5 Å². The lowest BCUT2D eigenvalue weighted by Gasteiger charge is -2.26. The third-order valence-corrected chi connectivity index (χ3v) is 6.96. The number of hydrogen-bond acceptors (Lipinski definition) is 8. The second-order valence-corrected chi connectivity index (χ2v) is 9.54. The largest absolute Gasteiger partial charge is 0.494 e.